The number of ether oxygens (including phenoxy) is 2. The van der Waals surface area contributed by atoms with E-state index in [9.17, 15) is 14.4 Å². The number of carbonyl (C=O) groups is 3. The Morgan fingerprint density at radius 2 is 1.72 bits per heavy atom. The van der Waals surface area contributed by atoms with E-state index in [4.69, 9.17) is 19.6 Å². The topological polar surface area (TPSA) is 130 Å². The average molecular weight is 730 g/mol. The van der Waals surface area contributed by atoms with E-state index in [0.717, 1.165) is 29.7 Å². The molecular formula is C41H59N7O5. The second-order valence-corrected chi connectivity index (χ2v) is 17.5. The minimum atomic E-state index is -0.764. The number of fused-ring (bicyclic) bond motifs is 1. The number of anilines is 2. The molecule has 3 heterocycles. The highest BCUT2D eigenvalue weighted by Gasteiger charge is 2.41. The standard InChI is InChI=1S/C41H59N7O5/c1-14-16-33(49)43-29-18-15-17-28(21-29)25-46(36(50)52-38(4,5)6)34-22-31(44-35-32(27(2)3)24-42-48(34)35)23-40(10,11)45-30-19-20-41(12,13)47(26-30)37(51)53-39(7,8)9/h15,17-18,21-22,24,27,30,45H,19-20,23,25-26H2,1-13H3,(H,43,49)/t30-/m0/s1. The van der Waals surface area contributed by atoms with Gasteiger partial charge in [-0.05, 0) is 119 Å². The van der Waals surface area contributed by atoms with Crippen molar-refractivity contribution in [1.82, 2.24) is 24.8 Å². The molecule has 0 spiro atoms. The highest BCUT2D eigenvalue weighted by atomic mass is 16.6. The zero-order chi connectivity index (χ0) is 39.5. The highest BCUT2D eigenvalue weighted by Crippen LogP contribution is 2.32. The van der Waals surface area contributed by atoms with Crippen molar-refractivity contribution in [3.8, 4) is 11.8 Å². The monoisotopic (exact) mass is 729 g/mol. The Morgan fingerprint density at radius 3 is 2.34 bits per heavy atom. The molecule has 1 aliphatic heterocycles. The van der Waals surface area contributed by atoms with Gasteiger partial charge >= 0.3 is 12.2 Å². The fourth-order valence-corrected chi connectivity index (χ4v) is 6.50. The Kier molecular flexibility index (Phi) is 12.2. The lowest BCUT2D eigenvalue weighted by Gasteiger charge is -2.47. The number of likely N-dealkylation sites (tertiary alicyclic amines) is 1. The van der Waals surface area contributed by atoms with Crippen LogP contribution in [-0.4, -0.2) is 72.5 Å². The molecule has 0 bridgehead atoms. The summed E-state index contributed by atoms with van der Waals surface area (Å²) in [4.78, 5) is 48.1. The molecule has 1 aromatic carbocycles. The van der Waals surface area contributed by atoms with Gasteiger partial charge in [-0.25, -0.2) is 14.6 Å². The number of hydrogen-bond donors (Lipinski definition) is 2. The Morgan fingerprint density at radius 1 is 1.04 bits per heavy atom. The number of nitrogens with zero attached hydrogens (tertiary/aromatic N) is 5. The summed E-state index contributed by atoms with van der Waals surface area (Å²) in [6.07, 6.45) is 3.18. The fraction of sp³-hybridized carbons (Fsp3) is 0.585. The van der Waals surface area contributed by atoms with Gasteiger partial charge in [-0.2, -0.15) is 9.61 Å². The summed E-state index contributed by atoms with van der Waals surface area (Å²) >= 11 is 0. The van der Waals surface area contributed by atoms with Gasteiger partial charge in [-0.15, -0.1) is 0 Å². The molecule has 2 N–H and O–H groups in total. The van der Waals surface area contributed by atoms with E-state index >= 15 is 0 Å². The second kappa shape index (κ2) is 15.8. The number of amides is 3. The number of benzene rings is 1. The first-order valence-electron chi connectivity index (χ1n) is 18.5. The summed E-state index contributed by atoms with van der Waals surface area (Å²) in [5.74, 6) is 5.31. The molecule has 288 valence electrons. The quantitative estimate of drug-likeness (QED) is 0.213. The maximum Gasteiger partial charge on any atom is 0.416 e. The first kappa shape index (κ1) is 41.1. The van der Waals surface area contributed by atoms with E-state index in [2.05, 4.69) is 64.0 Å². The molecule has 1 atom stereocenters. The zero-order valence-electron chi connectivity index (χ0n) is 33.9. The SMILES string of the molecule is CC#CC(=O)Nc1cccc(CN(C(=O)OC(C)(C)C)c2cc(CC(C)(C)N[C@H]3CCC(C)(C)N(C(=O)OC(C)(C)C)C3)nc3c(C(C)C)cnn23)c1. The normalized spacial score (nSPS) is 16.2. The van der Waals surface area contributed by atoms with Crippen LogP contribution in [0.3, 0.4) is 0 Å². The van der Waals surface area contributed by atoms with Crippen LogP contribution in [0.4, 0.5) is 21.1 Å². The van der Waals surface area contributed by atoms with Gasteiger partial charge in [0.25, 0.3) is 5.91 Å². The van der Waals surface area contributed by atoms with Crippen LogP contribution < -0.4 is 15.5 Å². The molecule has 12 heteroatoms. The van der Waals surface area contributed by atoms with Crippen molar-refractivity contribution in [2.24, 2.45) is 0 Å². The third kappa shape index (κ3) is 11.2. The molecular weight excluding hydrogens is 670 g/mol. The molecule has 1 fully saturated rings. The van der Waals surface area contributed by atoms with Gasteiger partial charge in [-0.1, -0.05) is 31.9 Å². The lowest BCUT2D eigenvalue weighted by Crippen LogP contribution is -2.61. The molecule has 1 aliphatic rings. The largest absolute Gasteiger partial charge is 0.444 e. The smallest absolute Gasteiger partial charge is 0.416 e. The van der Waals surface area contributed by atoms with Crippen LogP contribution >= 0.6 is 0 Å². The van der Waals surface area contributed by atoms with Crippen molar-refractivity contribution in [2.45, 2.75) is 150 Å². The summed E-state index contributed by atoms with van der Waals surface area (Å²) in [5, 5.41) is 11.3. The average Bonchev–Trinajstić information content (AvgIpc) is 3.43. The maximum atomic E-state index is 14.1. The minimum Gasteiger partial charge on any atom is -0.444 e. The molecule has 0 unspecified atom stereocenters. The van der Waals surface area contributed by atoms with Crippen LogP contribution in [0.5, 0.6) is 0 Å². The number of aromatic nitrogens is 3. The van der Waals surface area contributed by atoms with Crippen LogP contribution in [0.1, 0.15) is 126 Å². The molecule has 3 aromatic rings. The van der Waals surface area contributed by atoms with Crippen molar-refractivity contribution in [3.63, 3.8) is 0 Å². The molecule has 0 aliphatic carbocycles. The lowest BCUT2D eigenvalue weighted by molar-refractivity contribution is -0.111. The maximum absolute atomic E-state index is 14.1. The van der Waals surface area contributed by atoms with Gasteiger partial charge < -0.3 is 25.0 Å². The van der Waals surface area contributed by atoms with Crippen molar-refractivity contribution in [1.29, 1.82) is 0 Å². The van der Waals surface area contributed by atoms with Crippen LogP contribution in [0.25, 0.3) is 5.65 Å². The Labute approximate surface area is 315 Å². The molecule has 0 saturated carbocycles. The molecule has 2 aromatic heterocycles. The van der Waals surface area contributed by atoms with Crippen LogP contribution in [0.2, 0.25) is 0 Å². The third-order valence-corrected chi connectivity index (χ3v) is 8.88. The Balaban J connectivity index is 1.72. The summed E-state index contributed by atoms with van der Waals surface area (Å²) in [7, 11) is 0. The summed E-state index contributed by atoms with van der Waals surface area (Å²) in [5.41, 5.74) is 1.56. The molecule has 12 nitrogen and oxygen atoms in total. The van der Waals surface area contributed by atoms with Gasteiger partial charge in [0.05, 0.1) is 12.7 Å². The lowest BCUT2D eigenvalue weighted by atomic mass is 9.86. The van der Waals surface area contributed by atoms with Crippen molar-refractivity contribution in [3.05, 3.63) is 53.3 Å². The van der Waals surface area contributed by atoms with E-state index in [1.165, 1.54) is 0 Å². The van der Waals surface area contributed by atoms with Crippen molar-refractivity contribution >= 4 is 35.2 Å². The van der Waals surface area contributed by atoms with E-state index in [-0.39, 0.29) is 30.1 Å². The Hall–Kier alpha value is -4.63. The second-order valence-electron chi connectivity index (χ2n) is 17.5. The first-order chi connectivity index (χ1) is 24.5. The number of rotatable bonds is 9. The van der Waals surface area contributed by atoms with Crippen LogP contribution in [-0.2, 0) is 27.2 Å². The molecule has 1 saturated heterocycles. The predicted molar refractivity (Wildman–Crippen MR) is 209 cm³/mol. The summed E-state index contributed by atoms with van der Waals surface area (Å²) in [6.45, 7) is 26.0. The number of hydrogen-bond acceptors (Lipinski definition) is 8. The molecule has 4 rings (SSSR count). The molecule has 53 heavy (non-hydrogen) atoms. The van der Waals surface area contributed by atoms with E-state index in [0.29, 0.717) is 30.1 Å². The molecule has 0 radical (unpaired) electrons. The number of nitrogens with one attached hydrogen (secondary N) is 2. The van der Waals surface area contributed by atoms with Gasteiger partial charge in [0.15, 0.2) is 5.65 Å². The number of carbonyl (C=O) groups excluding carboxylic acids is 3. The van der Waals surface area contributed by atoms with Gasteiger partial charge in [0, 0.05) is 53.1 Å². The fourth-order valence-electron chi connectivity index (χ4n) is 6.50. The zero-order valence-corrected chi connectivity index (χ0v) is 33.9. The van der Waals surface area contributed by atoms with E-state index in [1.54, 1.807) is 28.6 Å². The summed E-state index contributed by atoms with van der Waals surface area (Å²) < 4.78 is 13.4. The van der Waals surface area contributed by atoms with Crippen molar-refractivity contribution in [2.75, 3.05) is 16.8 Å². The van der Waals surface area contributed by atoms with Crippen LogP contribution in [0, 0.1) is 11.8 Å². The predicted octanol–water partition coefficient (Wildman–Crippen LogP) is 7.85. The van der Waals surface area contributed by atoms with Crippen LogP contribution in [0.15, 0.2) is 36.5 Å². The number of piperidine rings is 1. The van der Waals surface area contributed by atoms with Gasteiger partial charge in [0.2, 0.25) is 0 Å². The Bertz CT molecular complexity index is 1870. The molecule has 3 amide bonds. The highest BCUT2D eigenvalue weighted by molar-refractivity contribution is 6.03. The van der Waals surface area contributed by atoms with Gasteiger partial charge in [-0.3, -0.25) is 9.69 Å². The third-order valence-electron chi connectivity index (χ3n) is 8.88. The van der Waals surface area contributed by atoms with Crippen molar-refractivity contribution < 1.29 is 23.9 Å². The summed E-state index contributed by atoms with van der Waals surface area (Å²) in [6, 6.07) is 9.23. The van der Waals surface area contributed by atoms with Gasteiger partial charge in [0.1, 0.15) is 17.0 Å². The minimum absolute atomic E-state index is 0.0317. The van der Waals surface area contributed by atoms with E-state index < -0.39 is 28.7 Å². The first-order valence-corrected chi connectivity index (χ1v) is 18.5. The van der Waals surface area contributed by atoms with E-state index in [1.807, 2.05) is 70.7 Å².